The smallest absolute Gasteiger partial charge is 0.248 e. The predicted octanol–water partition coefficient (Wildman–Crippen LogP) is 3.57. The molecule has 5 rings (SSSR count). The molecule has 1 amide bonds. The normalized spacial score (nSPS) is 21.6. The first-order chi connectivity index (χ1) is 15.1. The second-order valence-corrected chi connectivity index (χ2v) is 8.42. The molecule has 2 atom stereocenters. The van der Waals surface area contributed by atoms with Crippen LogP contribution in [0.4, 0.5) is 5.95 Å². The van der Waals surface area contributed by atoms with Gasteiger partial charge in [0.25, 0.3) is 0 Å². The first kappa shape index (κ1) is 19.5. The van der Waals surface area contributed by atoms with Crippen LogP contribution in [0.1, 0.15) is 22.8 Å². The number of ether oxygens (including phenoxy) is 1. The van der Waals surface area contributed by atoms with Gasteiger partial charge in [0.2, 0.25) is 11.9 Å². The topological polar surface area (TPSA) is 81.3 Å². The Morgan fingerprint density at radius 2 is 1.58 bits per heavy atom. The molecule has 2 fully saturated rings. The van der Waals surface area contributed by atoms with E-state index in [1.165, 1.54) is 5.56 Å². The van der Waals surface area contributed by atoms with E-state index in [4.69, 9.17) is 10.5 Å². The second kappa shape index (κ2) is 8.02. The van der Waals surface area contributed by atoms with Gasteiger partial charge in [0.15, 0.2) is 0 Å². The Kier molecular flexibility index (Phi) is 5.06. The van der Waals surface area contributed by atoms with Crippen LogP contribution in [0, 0.1) is 17.8 Å². The Morgan fingerprint density at radius 1 is 1.00 bits per heavy atom. The minimum absolute atomic E-state index is 0.412. The number of primary amides is 1. The number of nitrogens with zero attached hydrogens (tertiary/aromatic N) is 3. The number of piperidine rings is 1. The van der Waals surface area contributed by atoms with E-state index in [0.717, 1.165) is 48.9 Å². The second-order valence-electron chi connectivity index (χ2n) is 8.42. The van der Waals surface area contributed by atoms with Crippen LogP contribution in [0.2, 0.25) is 0 Å². The molecule has 1 saturated carbocycles. The third-order valence-electron chi connectivity index (χ3n) is 6.55. The third kappa shape index (κ3) is 3.98. The Balaban J connectivity index is 1.12. The van der Waals surface area contributed by atoms with Gasteiger partial charge in [-0.25, -0.2) is 9.97 Å². The van der Waals surface area contributed by atoms with E-state index in [-0.39, 0.29) is 0 Å². The Bertz CT molecular complexity index is 1050. The average molecular weight is 415 g/mol. The fourth-order valence-electron chi connectivity index (χ4n) is 4.52. The van der Waals surface area contributed by atoms with E-state index >= 15 is 0 Å². The summed E-state index contributed by atoms with van der Waals surface area (Å²) in [5, 5.41) is 0. The fraction of sp³-hybridized carbons (Fsp3) is 0.320. The van der Waals surface area contributed by atoms with Crippen molar-refractivity contribution in [2.45, 2.75) is 13.3 Å². The number of anilines is 1. The molecule has 158 valence electrons. The number of carbonyl (C=O) groups excluding carboxylic acids is 1. The lowest BCUT2D eigenvalue weighted by Crippen LogP contribution is -2.27. The molecule has 1 aliphatic carbocycles. The van der Waals surface area contributed by atoms with Gasteiger partial charge in [-0.3, -0.25) is 4.79 Å². The van der Waals surface area contributed by atoms with Gasteiger partial charge in [0.1, 0.15) is 5.75 Å². The summed E-state index contributed by atoms with van der Waals surface area (Å²) in [4.78, 5) is 22.5. The maximum atomic E-state index is 11.2. The van der Waals surface area contributed by atoms with Crippen molar-refractivity contribution in [3.63, 3.8) is 0 Å². The number of amides is 1. The van der Waals surface area contributed by atoms with Crippen molar-refractivity contribution in [3.05, 3.63) is 72.1 Å². The highest BCUT2D eigenvalue weighted by Crippen LogP contribution is 2.52. The summed E-state index contributed by atoms with van der Waals surface area (Å²) >= 11 is 0. The predicted molar refractivity (Wildman–Crippen MR) is 120 cm³/mol. The SMILES string of the molecule is CCc1cnc(N2CC3C(COc4ccc(-c5ccc(C(N)=O)cc5)cc4)C3C2)nc1. The molecule has 0 radical (unpaired) electrons. The highest BCUT2D eigenvalue weighted by Gasteiger charge is 2.56. The number of hydrogen-bond donors (Lipinski definition) is 1. The molecule has 3 aromatic rings. The molecule has 1 aromatic heterocycles. The van der Waals surface area contributed by atoms with E-state index in [2.05, 4.69) is 21.8 Å². The molecule has 6 nitrogen and oxygen atoms in total. The average Bonchev–Trinajstić information content (AvgIpc) is 3.26. The maximum Gasteiger partial charge on any atom is 0.248 e. The van der Waals surface area contributed by atoms with Gasteiger partial charge in [0.05, 0.1) is 6.61 Å². The number of carbonyl (C=O) groups is 1. The largest absolute Gasteiger partial charge is 0.493 e. The van der Waals surface area contributed by atoms with Gasteiger partial charge in [-0.05, 0) is 59.2 Å². The number of nitrogens with two attached hydrogens (primary N) is 1. The van der Waals surface area contributed by atoms with Crippen molar-refractivity contribution < 1.29 is 9.53 Å². The molecule has 2 N–H and O–H groups in total. The molecular weight excluding hydrogens is 388 g/mol. The Labute approximate surface area is 182 Å². The van der Waals surface area contributed by atoms with Crippen LogP contribution in [0.3, 0.4) is 0 Å². The van der Waals surface area contributed by atoms with E-state index in [0.29, 0.717) is 23.3 Å². The van der Waals surface area contributed by atoms with Crippen LogP contribution in [-0.2, 0) is 6.42 Å². The lowest BCUT2D eigenvalue weighted by Gasteiger charge is -2.19. The van der Waals surface area contributed by atoms with Crippen molar-refractivity contribution in [2.24, 2.45) is 23.5 Å². The molecule has 6 heteroatoms. The molecule has 0 spiro atoms. The highest BCUT2D eigenvalue weighted by molar-refractivity contribution is 5.93. The lowest BCUT2D eigenvalue weighted by atomic mass is 10.0. The minimum atomic E-state index is -0.412. The zero-order valence-electron chi connectivity index (χ0n) is 17.6. The third-order valence-corrected chi connectivity index (χ3v) is 6.55. The molecule has 2 unspecified atom stereocenters. The molecule has 2 aromatic carbocycles. The van der Waals surface area contributed by atoms with Crippen LogP contribution in [0.25, 0.3) is 11.1 Å². The van der Waals surface area contributed by atoms with Crippen LogP contribution >= 0.6 is 0 Å². The van der Waals surface area contributed by atoms with Crippen molar-refractivity contribution in [2.75, 3.05) is 24.6 Å². The summed E-state index contributed by atoms with van der Waals surface area (Å²) in [5.74, 6) is 3.30. The summed E-state index contributed by atoms with van der Waals surface area (Å²) in [5.41, 5.74) is 9.12. The van der Waals surface area contributed by atoms with Gasteiger partial charge in [0, 0.05) is 37.0 Å². The van der Waals surface area contributed by atoms with Crippen LogP contribution in [-0.4, -0.2) is 35.6 Å². The molecule has 0 bridgehead atoms. The fourth-order valence-corrected chi connectivity index (χ4v) is 4.52. The zero-order chi connectivity index (χ0) is 21.4. The summed E-state index contributed by atoms with van der Waals surface area (Å²) in [6, 6.07) is 15.4. The number of aromatic nitrogens is 2. The molecule has 31 heavy (non-hydrogen) atoms. The van der Waals surface area contributed by atoms with Crippen molar-refractivity contribution >= 4 is 11.9 Å². The van der Waals surface area contributed by atoms with E-state index < -0.39 is 5.91 Å². The summed E-state index contributed by atoms with van der Waals surface area (Å²) in [6.07, 6.45) is 4.83. The van der Waals surface area contributed by atoms with Gasteiger partial charge in [-0.15, -0.1) is 0 Å². The summed E-state index contributed by atoms with van der Waals surface area (Å²) < 4.78 is 6.07. The number of aryl methyl sites for hydroxylation is 1. The molecule has 2 heterocycles. The van der Waals surface area contributed by atoms with Crippen molar-refractivity contribution in [1.82, 2.24) is 9.97 Å². The quantitative estimate of drug-likeness (QED) is 0.639. The van der Waals surface area contributed by atoms with Gasteiger partial charge in [-0.2, -0.15) is 0 Å². The number of benzene rings is 2. The van der Waals surface area contributed by atoms with E-state index in [1.807, 2.05) is 48.8 Å². The van der Waals surface area contributed by atoms with Crippen LogP contribution < -0.4 is 15.4 Å². The lowest BCUT2D eigenvalue weighted by molar-refractivity contribution is 0.100. The Hall–Kier alpha value is -3.41. The van der Waals surface area contributed by atoms with Gasteiger partial charge >= 0.3 is 0 Å². The first-order valence-corrected chi connectivity index (χ1v) is 10.8. The number of hydrogen-bond acceptors (Lipinski definition) is 5. The molecule has 2 aliphatic rings. The summed E-state index contributed by atoms with van der Waals surface area (Å²) in [7, 11) is 0. The van der Waals surface area contributed by atoms with Gasteiger partial charge in [-0.1, -0.05) is 31.2 Å². The molecular formula is C25H26N4O2. The molecule has 1 saturated heterocycles. The van der Waals surface area contributed by atoms with E-state index in [1.54, 1.807) is 12.1 Å². The Morgan fingerprint density at radius 3 is 2.13 bits per heavy atom. The van der Waals surface area contributed by atoms with Gasteiger partial charge < -0.3 is 15.4 Å². The number of fused-ring (bicyclic) bond motifs is 1. The monoisotopic (exact) mass is 414 g/mol. The zero-order valence-corrected chi connectivity index (χ0v) is 17.6. The number of rotatable bonds is 7. The van der Waals surface area contributed by atoms with Crippen LogP contribution in [0.5, 0.6) is 5.75 Å². The van der Waals surface area contributed by atoms with Crippen molar-refractivity contribution in [1.29, 1.82) is 0 Å². The minimum Gasteiger partial charge on any atom is -0.493 e. The first-order valence-electron chi connectivity index (χ1n) is 10.8. The van der Waals surface area contributed by atoms with E-state index in [9.17, 15) is 4.79 Å². The van der Waals surface area contributed by atoms with Crippen LogP contribution in [0.15, 0.2) is 60.9 Å². The van der Waals surface area contributed by atoms with Crippen molar-refractivity contribution in [3.8, 4) is 16.9 Å². The standard InChI is InChI=1S/C25H26N4O2/c1-2-16-11-27-25(28-12-16)29-13-21-22(14-29)23(21)15-31-20-9-7-18(8-10-20)17-3-5-19(6-4-17)24(26)30/h3-12,21-23H,2,13-15H2,1H3,(H2,26,30). The maximum absolute atomic E-state index is 11.2. The summed E-state index contributed by atoms with van der Waals surface area (Å²) in [6.45, 7) is 4.91. The highest BCUT2D eigenvalue weighted by atomic mass is 16.5. The molecule has 1 aliphatic heterocycles.